The first-order valence-electron chi connectivity index (χ1n) is 12.3. The summed E-state index contributed by atoms with van der Waals surface area (Å²) in [6.07, 6.45) is 15.4. The Labute approximate surface area is 193 Å². The fraction of sp³-hybridized carbons (Fsp3) is 0.654. The molecule has 3 heterocycles. The molecule has 1 unspecified atom stereocenters. The van der Waals surface area contributed by atoms with Gasteiger partial charge >= 0.3 is 5.97 Å². The number of nitrogens with zero attached hydrogens (tertiary/aromatic N) is 4. The highest BCUT2D eigenvalue weighted by atomic mass is 16.4. The van der Waals surface area contributed by atoms with Gasteiger partial charge in [-0.1, -0.05) is 56.0 Å². The summed E-state index contributed by atoms with van der Waals surface area (Å²) in [4.78, 5) is 13.7. The molecule has 2 aliphatic heterocycles. The highest BCUT2D eigenvalue weighted by Crippen LogP contribution is 2.39. The fourth-order valence-electron chi connectivity index (χ4n) is 5.12. The predicted molar refractivity (Wildman–Crippen MR) is 128 cm³/mol. The maximum atomic E-state index is 11.3. The summed E-state index contributed by atoms with van der Waals surface area (Å²) in [5.74, 6) is 0.517. The van der Waals surface area contributed by atoms with Crippen molar-refractivity contribution in [2.75, 3.05) is 13.1 Å². The molecular weight excluding hydrogens is 400 g/mol. The van der Waals surface area contributed by atoms with E-state index < -0.39 is 5.97 Å². The van der Waals surface area contributed by atoms with Crippen molar-refractivity contribution < 1.29 is 9.90 Å². The van der Waals surface area contributed by atoms with Crippen LogP contribution in [0.3, 0.4) is 0 Å². The maximum absolute atomic E-state index is 11.3. The van der Waals surface area contributed by atoms with E-state index in [0.29, 0.717) is 17.9 Å². The fourth-order valence-corrected chi connectivity index (χ4v) is 5.12. The van der Waals surface area contributed by atoms with Crippen LogP contribution in [-0.2, 0) is 4.79 Å². The molecule has 0 bridgehead atoms. The van der Waals surface area contributed by atoms with Crippen LogP contribution in [0.5, 0.6) is 0 Å². The number of aromatic nitrogens is 3. The third-order valence-electron chi connectivity index (χ3n) is 6.99. The third kappa shape index (κ3) is 6.11. The van der Waals surface area contributed by atoms with E-state index in [4.69, 9.17) is 0 Å². The SMILES string of the molecule is C/C=C1/CC(CC(=O)O)=C2CCC(n3nncc3C3CCCCC3)CN2C1.C=CC(C)C. The lowest BCUT2D eigenvalue weighted by atomic mass is 9.86. The van der Waals surface area contributed by atoms with Crippen LogP contribution < -0.4 is 0 Å². The van der Waals surface area contributed by atoms with Gasteiger partial charge in [0.2, 0.25) is 0 Å². The summed E-state index contributed by atoms with van der Waals surface area (Å²) in [6.45, 7) is 11.6. The number of piperidine rings is 1. The monoisotopic (exact) mass is 440 g/mol. The second-order valence-electron chi connectivity index (χ2n) is 9.74. The summed E-state index contributed by atoms with van der Waals surface area (Å²) >= 11 is 0. The van der Waals surface area contributed by atoms with Crippen molar-refractivity contribution in [1.29, 1.82) is 0 Å². The van der Waals surface area contributed by atoms with Crippen LogP contribution in [0.2, 0.25) is 0 Å². The summed E-state index contributed by atoms with van der Waals surface area (Å²) in [6, 6.07) is 0.329. The van der Waals surface area contributed by atoms with Gasteiger partial charge in [-0.05, 0) is 50.5 Å². The summed E-state index contributed by atoms with van der Waals surface area (Å²) in [5, 5.41) is 18.0. The number of allylic oxidation sites excluding steroid dienone is 3. The van der Waals surface area contributed by atoms with E-state index >= 15 is 0 Å². The van der Waals surface area contributed by atoms with Gasteiger partial charge in [0.05, 0.1) is 24.4 Å². The first kappa shape index (κ1) is 24.3. The minimum atomic E-state index is -0.729. The smallest absolute Gasteiger partial charge is 0.307 e. The van der Waals surface area contributed by atoms with Crippen molar-refractivity contribution in [3.8, 4) is 0 Å². The summed E-state index contributed by atoms with van der Waals surface area (Å²) in [5.41, 5.74) is 4.98. The van der Waals surface area contributed by atoms with E-state index in [9.17, 15) is 9.90 Å². The average molecular weight is 441 g/mol. The van der Waals surface area contributed by atoms with Gasteiger partial charge in [0.1, 0.15) is 0 Å². The third-order valence-corrected chi connectivity index (χ3v) is 6.99. The normalized spacial score (nSPS) is 23.1. The van der Waals surface area contributed by atoms with E-state index in [1.165, 1.54) is 49.1 Å². The van der Waals surface area contributed by atoms with Crippen LogP contribution in [-0.4, -0.2) is 44.1 Å². The topological polar surface area (TPSA) is 71.2 Å². The van der Waals surface area contributed by atoms with Gasteiger partial charge in [-0.25, -0.2) is 4.68 Å². The Balaban J connectivity index is 0.000000523. The van der Waals surface area contributed by atoms with Crippen molar-refractivity contribution in [2.45, 2.75) is 90.5 Å². The molecule has 2 fully saturated rings. The van der Waals surface area contributed by atoms with Gasteiger partial charge in [-0.2, -0.15) is 0 Å². The lowest BCUT2D eigenvalue weighted by Crippen LogP contribution is -2.40. The molecule has 1 aliphatic carbocycles. The van der Waals surface area contributed by atoms with E-state index in [2.05, 4.69) is 53.3 Å². The average Bonchev–Trinajstić information content (AvgIpc) is 3.29. The molecule has 0 amide bonds. The molecule has 1 aromatic heterocycles. The Hall–Kier alpha value is -2.37. The molecule has 0 aromatic carbocycles. The molecule has 0 radical (unpaired) electrons. The Morgan fingerprint density at radius 1 is 1.28 bits per heavy atom. The highest BCUT2D eigenvalue weighted by molar-refractivity contribution is 5.70. The minimum Gasteiger partial charge on any atom is -0.481 e. The Morgan fingerprint density at radius 3 is 2.62 bits per heavy atom. The zero-order chi connectivity index (χ0) is 23.1. The van der Waals surface area contributed by atoms with Gasteiger partial charge in [-0.3, -0.25) is 4.79 Å². The molecule has 3 aliphatic rings. The predicted octanol–water partition coefficient (Wildman–Crippen LogP) is 5.87. The van der Waals surface area contributed by atoms with Crippen LogP contribution in [0.15, 0.2) is 41.8 Å². The van der Waals surface area contributed by atoms with Gasteiger partial charge < -0.3 is 10.0 Å². The maximum Gasteiger partial charge on any atom is 0.307 e. The van der Waals surface area contributed by atoms with Crippen LogP contribution in [0.25, 0.3) is 0 Å². The van der Waals surface area contributed by atoms with Crippen LogP contribution in [0.1, 0.15) is 96.2 Å². The standard InChI is InChI=1S/C21H30N4O2.C5H10/c1-2-15-10-17(11-21(26)27)19-9-8-18(14-24(19)13-15)25-20(12-22-23-25)16-6-4-3-5-7-16;1-4-5(2)3/h2,12,16,18H,3-11,13-14H2,1H3,(H,26,27);4-5H,1H2,2-3H3/b15-2-;. The summed E-state index contributed by atoms with van der Waals surface area (Å²) < 4.78 is 2.19. The van der Waals surface area contributed by atoms with Crippen molar-refractivity contribution in [3.05, 3.63) is 47.5 Å². The van der Waals surface area contributed by atoms with Crippen molar-refractivity contribution in [2.24, 2.45) is 5.92 Å². The van der Waals surface area contributed by atoms with E-state index in [-0.39, 0.29) is 6.42 Å². The first-order valence-corrected chi connectivity index (χ1v) is 12.3. The van der Waals surface area contributed by atoms with E-state index in [1.54, 1.807) is 0 Å². The van der Waals surface area contributed by atoms with Gasteiger partial charge in [0.25, 0.3) is 0 Å². The molecule has 4 rings (SSSR count). The molecule has 0 spiro atoms. The molecule has 176 valence electrons. The zero-order valence-corrected chi connectivity index (χ0v) is 20.1. The number of hydrogen-bond acceptors (Lipinski definition) is 4. The van der Waals surface area contributed by atoms with E-state index in [1.807, 2.05) is 12.3 Å². The van der Waals surface area contributed by atoms with Gasteiger partial charge in [-0.15, -0.1) is 11.7 Å². The number of carboxylic acids is 1. The second-order valence-corrected chi connectivity index (χ2v) is 9.74. The molecule has 1 N–H and O–H groups in total. The lowest BCUT2D eigenvalue weighted by molar-refractivity contribution is -0.136. The highest BCUT2D eigenvalue weighted by Gasteiger charge is 2.33. The van der Waals surface area contributed by atoms with Gasteiger partial charge in [0.15, 0.2) is 0 Å². The summed E-state index contributed by atoms with van der Waals surface area (Å²) in [7, 11) is 0. The molecule has 32 heavy (non-hydrogen) atoms. The van der Waals surface area contributed by atoms with Crippen LogP contribution >= 0.6 is 0 Å². The molecule has 6 nitrogen and oxygen atoms in total. The quantitative estimate of drug-likeness (QED) is 0.580. The van der Waals surface area contributed by atoms with E-state index in [0.717, 1.165) is 37.9 Å². The minimum absolute atomic E-state index is 0.157. The number of hydrogen-bond donors (Lipinski definition) is 1. The first-order chi connectivity index (χ1) is 15.4. The number of carbonyl (C=O) groups is 1. The second kappa shape index (κ2) is 11.5. The number of fused-ring (bicyclic) bond motifs is 1. The molecule has 1 saturated heterocycles. The van der Waals surface area contributed by atoms with Crippen molar-refractivity contribution >= 4 is 5.97 Å². The number of carboxylic acid groups (broad SMARTS) is 1. The molecule has 1 aromatic rings. The zero-order valence-electron chi connectivity index (χ0n) is 20.1. The largest absolute Gasteiger partial charge is 0.481 e. The Bertz CT molecular complexity index is 846. The number of aliphatic carboxylic acids is 1. The Kier molecular flexibility index (Phi) is 8.71. The van der Waals surface area contributed by atoms with Crippen molar-refractivity contribution in [1.82, 2.24) is 19.9 Å². The molecular formula is C26H40N4O2. The van der Waals surface area contributed by atoms with Gasteiger partial charge in [0, 0.05) is 24.7 Å². The molecule has 1 saturated carbocycles. The molecule has 6 heteroatoms. The Morgan fingerprint density at radius 2 is 2.00 bits per heavy atom. The molecule has 1 atom stereocenters. The van der Waals surface area contributed by atoms with Crippen molar-refractivity contribution in [3.63, 3.8) is 0 Å². The van der Waals surface area contributed by atoms with Crippen LogP contribution in [0.4, 0.5) is 0 Å². The lowest BCUT2D eigenvalue weighted by Gasteiger charge is -2.42. The van der Waals surface area contributed by atoms with Crippen LogP contribution in [0, 0.1) is 5.92 Å². The number of rotatable bonds is 5.